The molecule has 1 aromatic carbocycles. The highest BCUT2D eigenvalue weighted by Gasteiger charge is 2.35. The van der Waals surface area contributed by atoms with Gasteiger partial charge in [0, 0.05) is 6.04 Å². The zero-order valence-corrected chi connectivity index (χ0v) is 9.22. The van der Waals surface area contributed by atoms with Gasteiger partial charge in [-0.05, 0) is 11.6 Å². The lowest BCUT2D eigenvalue weighted by molar-refractivity contribution is -0.138. The van der Waals surface area contributed by atoms with Crippen molar-refractivity contribution in [2.45, 2.75) is 12.2 Å². The first-order valence-corrected chi connectivity index (χ1v) is 6.00. The van der Waals surface area contributed by atoms with E-state index in [2.05, 4.69) is 0 Å². The van der Waals surface area contributed by atoms with E-state index in [1.807, 2.05) is 0 Å². The van der Waals surface area contributed by atoms with E-state index in [1.165, 1.54) is 6.07 Å². The standard InChI is InChI=1S/C9H9F4NO2S/c10-9(11,12)7-4-2-1-3-6(7)8(14)5-17(13,15)16/h1-4,8H,5,14H2. The Kier molecular flexibility index (Phi) is 3.78. The first kappa shape index (κ1) is 13.9. The van der Waals surface area contributed by atoms with Crippen molar-refractivity contribution in [3.8, 4) is 0 Å². The van der Waals surface area contributed by atoms with Crippen LogP contribution in [-0.2, 0) is 16.4 Å². The van der Waals surface area contributed by atoms with Crippen LogP contribution in [-0.4, -0.2) is 14.2 Å². The molecule has 0 radical (unpaired) electrons. The summed E-state index contributed by atoms with van der Waals surface area (Å²) in [7, 11) is -4.93. The van der Waals surface area contributed by atoms with Gasteiger partial charge in [0.25, 0.3) is 0 Å². The van der Waals surface area contributed by atoms with Crippen molar-refractivity contribution in [1.82, 2.24) is 0 Å². The van der Waals surface area contributed by atoms with Crippen molar-refractivity contribution in [2.24, 2.45) is 5.73 Å². The summed E-state index contributed by atoms with van der Waals surface area (Å²) < 4.78 is 70.7. The Bertz CT molecular complexity index is 498. The Morgan fingerprint density at radius 2 is 1.76 bits per heavy atom. The minimum atomic E-state index is -4.93. The highest BCUT2D eigenvalue weighted by Crippen LogP contribution is 2.34. The van der Waals surface area contributed by atoms with Crippen LogP contribution in [0.15, 0.2) is 24.3 Å². The highest BCUT2D eigenvalue weighted by atomic mass is 32.3. The first-order chi connectivity index (χ1) is 7.61. The Balaban J connectivity index is 3.14. The fourth-order valence-electron chi connectivity index (χ4n) is 1.38. The van der Waals surface area contributed by atoms with Crippen molar-refractivity contribution in [3.63, 3.8) is 0 Å². The van der Waals surface area contributed by atoms with E-state index in [-0.39, 0.29) is 0 Å². The minimum absolute atomic E-state index is 0.443. The van der Waals surface area contributed by atoms with E-state index in [9.17, 15) is 25.5 Å². The summed E-state index contributed by atoms with van der Waals surface area (Å²) in [6, 6.07) is 2.65. The van der Waals surface area contributed by atoms with Crippen molar-refractivity contribution >= 4 is 10.2 Å². The van der Waals surface area contributed by atoms with Crippen molar-refractivity contribution in [1.29, 1.82) is 0 Å². The molecule has 0 aliphatic carbocycles. The topological polar surface area (TPSA) is 60.2 Å². The molecule has 0 aliphatic heterocycles. The average Bonchev–Trinajstić information content (AvgIpc) is 2.13. The summed E-state index contributed by atoms with van der Waals surface area (Å²) in [6.07, 6.45) is -4.66. The molecule has 0 aromatic heterocycles. The van der Waals surface area contributed by atoms with Gasteiger partial charge in [-0.25, -0.2) is 0 Å². The number of hydrogen-bond acceptors (Lipinski definition) is 3. The van der Waals surface area contributed by atoms with E-state index >= 15 is 0 Å². The average molecular weight is 271 g/mol. The van der Waals surface area contributed by atoms with Crippen LogP contribution in [0.3, 0.4) is 0 Å². The van der Waals surface area contributed by atoms with Gasteiger partial charge in [-0.3, -0.25) is 0 Å². The molecule has 0 saturated heterocycles. The predicted octanol–water partition coefficient (Wildman–Crippen LogP) is 2.00. The second-order valence-electron chi connectivity index (χ2n) is 3.40. The fraction of sp³-hybridized carbons (Fsp3) is 0.333. The second-order valence-corrected chi connectivity index (χ2v) is 4.81. The number of rotatable bonds is 3. The lowest BCUT2D eigenvalue weighted by Gasteiger charge is -2.16. The summed E-state index contributed by atoms with van der Waals surface area (Å²) in [5.41, 5.74) is 3.76. The smallest absolute Gasteiger partial charge is 0.323 e. The van der Waals surface area contributed by atoms with Gasteiger partial charge in [0.15, 0.2) is 0 Å². The van der Waals surface area contributed by atoms with Gasteiger partial charge in [0.1, 0.15) is 0 Å². The number of benzene rings is 1. The van der Waals surface area contributed by atoms with Gasteiger partial charge >= 0.3 is 16.4 Å². The SMILES string of the molecule is NC(CS(=O)(=O)F)c1ccccc1C(F)(F)F. The minimum Gasteiger partial charge on any atom is -0.323 e. The van der Waals surface area contributed by atoms with Crippen LogP contribution in [0.2, 0.25) is 0 Å². The van der Waals surface area contributed by atoms with Gasteiger partial charge < -0.3 is 5.73 Å². The van der Waals surface area contributed by atoms with Crippen LogP contribution >= 0.6 is 0 Å². The summed E-state index contributed by atoms with van der Waals surface area (Å²) >= 11 is 0. The molecular formula is C9H9F4NO2S. The molecule has 1 rings (SSSR count). The Hall–Kier alpha value is -1.15. The maximum atomic E-state index is 12.5. The normalized spacial score (nSPS) is 14.6. The van der Waals surface area contributed by atoms with E-state index in [1.54, 1.807) is 0 Å². The molecule has 1 unspecified atom stereocenters. The molecule has 0 fully saturated rings. The van der Waals surface area contributed by atoms with Crippen molar-refractivity contribution in [2.75, 3.05) is 5.75 Å². The number of hydrogen-bond donors (Lipinski definition) is 1. The van der Waals surface area contributed by atoms with Gasteiger partial charge in [0.05, 0.1) is 11.3 Å². The highest BCUT2D eigenvalue weighted by molar-refractivity contribution is 7.86. The number of halogens is 4. The predicted molar refractivity (Wildman–Crippen MR) is 53.3 cm³/mol. The zero-order chi connectivity index (χ0) is 13.3. The van der Waals surface area contributed by atoms with E-state index < -0.39 is 39.3 Å². The van der Waals surface area contributed by atoms with Crippen LogP contribution in [0.5, 0.6) is 0 Å². The Labute approximate surface area is 95.4 Å². The summed E-state index contributed by atoms with van der Waals surface area (Å²) in [5.74, 6) is -1.18. The maximum absolute atomic E-state index is 12.5. The Morgan fingerprint density at radius 3 is 2.24 bits per heavy atom. The van der Waals surface area contributed by atoms with Crippen molar-refractivity contribution in [3.05, 3.63) is 35.4 Å². The van der Waals surface area contributed by atoms with Gasteiger partial charge in [0.2, 0.25) is 0 Å². The zero-order valence-electron chi connectivity index (χ0n) is 8.41. The molecule has 96 valence electrons. The van der Waals surface area contributed by atoms with Gasteiger partial charge in [-0.1, -0.05) is 18.2 Å². The molecule has 2 N–H and O–H groups in total. The molecular weight excluding hydrogens is 262 g/mol. The molecule has 8 heteroatoms. The maximum Gasteiger partial charge on any atom is 0.416 e. The summed E-state index contributed by atoms with van der Waals surface area (Å²) in [4.78, 5) is 0. The fourth-order valence-corrected chi connectivity index (χ4v) is 1.99. The monoisotopic (exact) mass is 271 g/mol. The molecule has 0 spiro atoms. The van der Waals surface area contributed by atoms with Gasteiger partial charge in [-0.2, -0.15) is 21.6 Å². The van der Waals surface area contributed by atoms with E-state index in [0.29, 0.717) is 0 Å². The number of alkyl halides is 3. The molecule has 0 bridgehead atoms. The molecule has 1 atom stereocenters. The van der Waals surface area contributed by atoms with Crippen LogP contribution in [0.25, 0.3) is 0 Å². The van der Waals surface area contributed by atoms with Gasteiger partial charge in [-0.15, -0.1) is 3.89 Å². The molecule has 0 heterocycles. The second kappa shape index (κ2) is 4.61. The van der Waals surface area contributed by atoms with Crippen LogP contribution in [0, 0.1) is 0 Å². The molecule has 1 aromatic rings. The number of nitrogens with two attached hydrogens (primary N) is 1. The Morgan fingerprint density at radius 1 is 1.24 bits per heavy atom. The van der Waals surface area contributed by atoms with Crippen LogP contribution < -0.4 is 5.73 Å². The molecule has 0 saturated carbocycles. The lowest BCUT2D eigenvalue weighted by Crippen LogP contribution is -2.23. The molecule has 0 aliphatic rings. The third kappa shape index (κ3) is 3.97. The first-order valence-electron chi connectivity index (χ1n) is 4.45. The van der Waals surface area contributed by atoms with Crippen LogP contribution in [0.4, 0.5) is 17.1 Å². The van der Waals surface area contributed by atoms with E-state index in [4.69, 9.17) is 5.73 Å². The lowest BCUT2D eigenvalue weighted by atomic mass is 10.0. The largest absolute Gasteiger partial charge is 0.416 e. The summed E-state index contributed by atoms with van der Waals surface area (Å²) in [5, 5.41) is 0. The third-order valence-corrected chi connectivity index (χ3v) is 2.80. The van der Waals surface area contributed by atoms with E-state index in [0.717, 1.165) is 18.2 Å². The quantitative estimate of drug-likeness (QED) is 0.675. The molecule has 3 nitrogen and oxygen atoms in total. The summed E-state index contributed by atoms with van der Waals surface area (Å²) in [6.45, 7) is 0. The third-order valence-electron chi connectivity index (χ3n) is 2.04. The molecule has 17 heavy (non-hydrogen) atoms. The van der Waals surface area contributed by atoms with Crippen molar-refractivity contribution < 1.29 is 25.5 Å². The molecule has 0 amide bonds. The van der Waals surface area contributed by atoms with Crippen LogP contribution in [0.1, 0.15) is 17.2 Å².